The predicted octanol–water partition coefficient (Wildman–Crippen LogP) is 6.70. The number of carbonyl (C=O) groups is 1. The van der Waals surface area contributed by atoms with Gasteiger partial charge in [-0.3, -0.25) is 0 Å². The van der Waals surface area contributed by atoms with Crippen LogP contribution in [0.2, 0.25) is 5.02 Å². The van der Waals surface area contributed by atoms with Gasteiger partial charge in [-0.25, -0.2) is 4.79 Å². The highest BCUT2D eigenvalue weighted by Gasteiger charge is 2.13. The molecule has 0 saturated heterocycles. The van der Waals surface area contributed by atoms with E-state index in [9.17, 15) is 9.90 Å². The van der Waals surface area contributed by atoms with Gasteiger partial charge < -0.3 is 19.9 Å². The third kappa shape index (κ3) is 6.15. The minimum Gasteiger partial charge on any atom is -0.490 e. The van der Waals surface area contributed by atoms with Crippen LogP contribution in [0.4, 0.5) is 5.69 Å². The quantitative estimate of drug-likeness (QED) is 0.339. The number of aryl methyl sites for hydroxylation is 1. The van der Waals surface area contributed by atoms with Crippen molar-refractivity contribution in [2.75, 3.05) is 11.9 Å². The number of benzene rings is 3. The zero-order valence-corrected chi connectivity index (χ0v) is 19.6. The Balaban J connectivity index is 1.78. The van der Waals surface area contributed by atoms with Crippen LogP contribution < -0.4 is 14.8 Å². The van der Waals surface area contributed by atoms with Crippen LogP contribution in [0.5, 0.6) is 11.5 Å². The van der Waals surface area contributed by atoms with Crippen molar-refractivity contribution < 1.29 is 19.4 Å². The number of carboxylic acids is 1. The molecule has 0 atom stereocenters. The van der Waals surface area contributed by atoms with E-state index in [1.165, 1.54) is 17.7 Å². The van der Waals surface area contributed by atoms with E-state index in [2.05, 4.69) is 27.3 Å². The molecule has 31 heavy (non-hydrogen) atoms. The molecule has 0 saturated carbocycles. The first-order valence-electron chi connectivity index (χ1n) is 9.77. The first kappa shape index (κ1) is 23.0. The summed E-state index contributed by atoms with van der Waals surface area (Å²) in [6, 6.07) is 16.5. The smallest absolute Gasteiger partial charge is 0.335 e. The summed E-state index contributed by atoms with van der Waals surface area (Å²) in [5, 5.41) is 12.8. The molecule has 0 amide bonds. The summed E-state index contributed by atoms with van der Waals surface area (Å²) >= 11 is 9.81. The van der Waals surface area contributed by atoms with Gasteiger partial charge in [-0.05, 0) is 55.3 Å². The highest BCUT2D eigenvalue weighted by molar-refractivity contribution is 9.10. The van der Waals surface area contributed by atoms with Crippen molar-refractivity contribution in [3.8, 4) is 11.5 Å². The van der Waals surface area contributed by atoms with E-state index >= 15 is 0 Å². The number of hydrogen-bond donors (Lipinski definition) is 2. The summed E-state index contributed by atoms with van der Waals surface area (Å²) in [5.41, 5.74) is 3.90. The molecule has 3 aromatic carbocycles. The molecule has 0 radical (unpaired) electrons. The first-order valence-corrected chi connectivity index (χ1v) is 10.9. The van der Waals surface area contributed by atoms with Crippen molar-refractivity contribution in [2.45, 2.75) is 27.0 Å². The molecule has 0 aliphatic heterocycles. The molecule has 0 bridgehead atoms. The van der Waals surface area contributed by atoms with Crippen molar-refractivity contribution in [2.24, 2.45) is 0 Å². The van der Waals surface area contributed by atoms with Gasteiger partial charge in [0.15, 0.2) is 11.5 Å². The Labute approximate surface area is 195 Å². The van der Waals surface area contributed by atoms with Crippen molar-refractivity contribution in [3.05, 3.63) is 86.3 Å². The van der Waals surface area contributed by atoms with E-state index in [1.54, 1.807) is 6.07 Å². The Kier molecular flexibility index (Phi) is 7.82. The lowest BCUT2D eigenvalue weighted by molar-refractivity contribution is 0.0697. The molecule has 0 fully saturated rings. The van der Waals surface area contributed by atoms with Crippen LogP contribution in [0.3, 0.4) is 0 Å². The molecule has 5 nitrogen and oxygen atoms in total. The van der Waals surface area contributed by atoms with Gasteiger partial charge in [-0.1, -0.05) is 57.4 Å². The van der Waals surface area contributed by atoms with Gasteiger partial charge in [-0.2, -0.15) is 0 Å². The zero-order chi connectivity index (χ0) is 22.4. The third-order valence-electron chi connectivity index (χ3n) is 4.57. The first-order chi connectivity index (χ1) is 14.9. The molecule has 0 aliphatic rings. The standard InChI is InChI=1S/C24H23BrClNO4/c1-3-30-22-11-18(13-27-21-10-17(24(28)29)7-8-20(21)26)19(25)12-23(22)31-14-16-6-4-5-15(2)9-16/h4-12,27H,3,13-14H2,1-2H3,(H,28,29). The maximum absolute atomic E-state index is 11.2. The van der Waals surface area contributed by atoms with Crippen LogP contribution in [0.15, 0.2) is 59.1 Å². The molecule has 7 heteroatoms. The van der Waals surface area contributed by atoms with Gasteiger partial charge in [0.1, 0.15) is 6.61 Å². The van der Waals surface area contributed by atoms with Crippen molar-refractivity contribution in [1.29, 1.82) is 0 Å². The summed E-state index contributed by atoms with van der Waals surface area (Å²) in [4.78, 5) is 11.2. The highest BCUT2D eigenvalue weighted by Crippen LogP contribution is 2.35. The number of nitrogens with one attached hydrogen (secondary N) is 1. The Morgan fingerprint density at radius 1 is 1.10 bits per heavy atom. The molecule has 0 unspecified atom stereocenters. The fraction of sp³-hybridized carbons (Fsp3) is 0.208. The molecular formula is C24H23BrClNO4. The monoisotopic (exact) mass is 503 g/mol. The van der Waals surface area contributed by atoms with E-state index in [0.29, 0.717) is 42.0 Å². The van der Waals surface area contributed by atoms with Crippen LogP contribution in [0.25, 0.3) is 0 Å². The van der Waals surface area contributed by atoms with Gasteiger partial charge in [0.2, 0.25) is 0 Å². The van der Waals surface area contributed by atoms with Crippen molar-refractivity contribution >= 4 is 39.2 Å². The summed E-state index contributed by atoms with van der Waals surface area (Å²) in [6.45, 7) is 5.32. The molecule has 0 aliphatic carbocycles. The van der Waals surface area contributed by atoms with E-state index in [1.807, 2.05) is 44.2 Å². The van der Waals surface area contributed by atoms with Gasteiger partial charge in [0, 0.05) is 11.0 Å². The largest absolute Gasteiger partial charge is 0.490 e. The Morgan fingerprint density at radius 2 is 1.87 bits per heavy atom. The van der Waals surface area contributed by atoms with Crippen LogP contribution in [0, 0.1) is 6.92 Å². The average molecular weight is 505 g/mol. The van der Waals surface area contributed by atoms with Crippen LogP contribution in [-0.4, -0.2) is 17.7 Å². The predicted molar refractivity (Wildman–Crippen MR) is 127 cm³/mol. The van der Waals surface area contributed by atoms with E-state index in [-0.39, 0.29) is 5.56 Å². The number of aromatic carboxylic acids is 1. The lowest BCUT2D eigenvalue weighted by Gasteiger charge is -2.16. The maximum atomic E-state index is 11.2. The second kappa shape index (κ2) is 10.6. The molecule has 3 aromatic rings. The molecular weight excluding hydrogens is 482 g/mol. The van der Waals surface area contributed by atoms with E-state index < -0.39 is 5.97 Å². The van der Waals surface area contributed by atoms with Gasteiger partial charge in [0.25, 0.3) is 0 Å². The topological polar surface area (TPSA) is 67.8 Å². The van der Waals surface area contributed by atoms with Gasteiger partial charge in [0.05, 0.1) is 22.9 Å². The molecule has 2 N–H and O–H groups in total. The Morgan fingerprint density at radius 3 is 2.58 bits per heavy atom. The number of rotatable bonds is 9. The van der Waals surface area contributed by atoms with Crippen LogP contribution in [-0.2, 0) is 13.2 Å². The van der Waals surface area contributed by atoms with Crippen molar-refractivity contribution in [1.82, 2.24) is 0 Å². The number of halogens is 2. The normalized spacial score (nSPS) is 10.6. The SMILES string of the molecule is CCOc1cc(CNc2cc(C(=O)O)ccc2Cl)c(Br)cc1OCc1cccc(C)c1. The minimum absolute atomic E-state index is 0.167. The molecule has 0 heterocycles. The number of ether oxygens (including phenoxy) is 2. The summed E-state index contributed by atoms with van der Waals surface area (Å²) in [5.74, 6) is 0.278. The number of hydrogen-bond acceptors (Lipinski definition) is 4. The fourth-order valence-corrected chi connectivity index (χ4v) is 3.69. The maximum Gasteiger partial charge on any atom is 0.335 e. The highest BCUT2D eigenvalue weighted by atomic mass is 79.9. The third-order valence-corrected chi connectivity index (χ3v) is 5.64. The molecule has 3 rings (SSSR count). The van der Waals surface area contributed by atoms with Gasteiger partial charge in [-0.15, -0.1) is 0 Å². The Hall–Kier alpha value is -2.70. The second-order valence-electron chi connectivity index (χ2n) is 6.95. The zero-order valence-electron chi connectivity index (χ0n) is 17.2. The van der Waals surface area contributed by atoms with E-state index in [4.69, 9.17) is 21.1 Å². The average Bonchev–Trinajstić information content (AvgIpc) is 2.73. The second-order valence-corrected chi connectivity index (χ2v) is 8.22. The minimum atomic E-state index is -1.00. The van der Waals surface area contributed by atoms with Gasteiger partial charge >= 0.3 is 5.97 Å². The van der Waals surface area contributed by atoms with Crippen molar-refractivity contribution in [3.63, 3.8) is 0 Å². The molecule has 0 spiro atoms. The lowest BCUT2D eigenvalue weighted by Crippen LogP contribution is -2.05. The fourth-order valence-electron chi connectivity index (χ4n) is 3.04. The number of carboxylic acid groups (broad SMARTS) is 1. The molecule has 0 aromatic heterocycles. The Bertz CT molecular complexity index is 1090. The van der Waals surface area contributed by atoms with Crippen LogP contribution >= 0.6 is 27.5 Å². The molecule has 162 valence electrons. The summed E-state index contributed by atoms with van der Waals surface area (Å²) < 4.78 is 12.7. The van der Waals surface area contributed by atoms with E-state index in [0.717, 1.165) is 15.6 Å². The number of anilines is 1. The summed E-state index contributed by atoms with van der Waals surface area (Å²) in [6.07, 6.45) is 0. The summed E-state index contributed by atoms with van der Waals surface area (Å²) in [7, 11) is 0. The lowest BCUT2D eigenvalue weighted by atomic mass is 10.1. The van der Waals surface area contributed by atoms with Crippen LogP contribution in [0.1, 0.15) is 34.0 Å².